The number of amides is 1. The van der Waals surface area contributed by atoms with Crippen LogP contribution >= 0.6 is 11.3 Å². The number of H-pyrrole nitrogens is 1. The lowest BCUT2D eigenvalue weighted by Gasteiger charge is -2.12. The molecule has 1 amide bonds. The molecule has 2 rings (SSSR count). The van der Waals surface area contributed by atoms with E-state index >= 15 is 0 Å². The second kappa shape index (κ2) is 5.51. The van der Waals surface area contributed by atoms with Gasteiger partial charge in [0.05, 0.1) is 12.2 Å². The van der Waals surface area contributed by atoms with Gasteiger partial charge < -0.3 is 5.32 Å². The van der Waals surface area contributed by atoms with Gasteiger partial charge in [-0.15, -0.1) is 11.3 Å². The maximum atomic E-state index is 11.9. The van der Waals surface area contributed by atoms with Gasteiger partial charge in [0.2, 0.25) is 5.91 Å². The van der Waals surface area contributed by atoms with Gasteiger partial charge in [-0.25, -0.2) is 8.42 Å². The number of anilines is 1. The van der Waals surface area contributed by atoms with E-state index in [0.717, 1.165) is 11.3 Å². The van der Waals surface area contributed by atoms with Gasteiger partial charge in [-0.3, -0.25) is 9.89 Å². The summed E-state index contributed by atoms with van der Waals surface area (Å²) in [7, 11) is -3.66. The molecule has 102 valence electrons. The zero-order chi connectivity index (χ0) is 13.9. The monoisotopic (exact) mass is 300 g/mol. The molecule has 0 spiro atoms. The molecule has 2 aromatic rings. The average molecular weight is 300 g/mol. The molecular weight excluding hydrogens is 288 g/mol. The van der Waals surface area contributed by atoms with Crippen LogP contribution in [0.25, 0.3) is 0 Å². The van der Waals surface area contributed by atoms with Crippen molar-refractivity contribution in [2.75, 3.05) is 5.32 Å². The maximum Gasteiger partial charge on any atom is 0.250 e. The number of aromatic nitrogens is 2. The van der Waals surface area contributed by atoms with Crippen LogP contribution in [0.4, 0.5) is 5.82 Å². The first-order chi connectivity index (χ1) is 8.99. The second-order valence-electron chi connectivity index (χ2n) is 3.73. The highest BCUT2D eigenvalue weighted by Crippen LogP contribution is 2.15. The Hall–Kier alpha value is -1.71. The number of hydrogen-bond acceptors (Lipinski definition) is 5. The van der Waals surface area contributed by atoms with Gasteiger partial charge in [0.15, 0.2) is 0 Å². The molecule has 0 bridgehead atoms. The van der Waals surface area contributed by atoms with Crippen LogP contribution < -0.4 is 10.0 Å². The fourth-order valence-electron chi connectivity index (χ4n) is 1.33. The molecule has 2 aromatic heterocycles. The van der Waals surface area contributed by atoms with Crippen molar-refractivity contribution >= 4 is 33.1 Å². The van der Waals surface area contributed by atoms with Gasteiger partial charge in [-0.2, -0.15) is 9.82 Å². The van der Waals surface area contributed by atoms with Crippen LogP contribution in [0.3, 0.4) is 0 Å². The maximum absolute atomic E-state index is 11.9. The number of rotatable bonds is 5. The number of carbonyl (C=O) groups excluding carboxylic acids is 1. The van der Waals surface area contributed by atoms with Crippen LogP contribution in [0.1, 0.15) is 6.92 Å². The molecule has 0 aliphatic rings. The van der Waals surface area contributed by atoms with Crippen LogP contribution in [0.15, 0.2) is 34.0 Å². The van der Waals surface area contributed by atoms with Crippen molar-refractivity contribution in [3.8, 4) is 0 Å². The molecule has 2 heterocycles. The Morgan fingerprint density at radius 3 is 2.84 bits per heavy atom. The van der Waals surface area contributed by atoms with Gasteiger partial charge in [0.1, 0.15) is 10.0 Å². The fourth-order valence-corrected chi connectivity index (χ4v) is 3.54. The quantitative estimate of drug-likeness (QED) is 0.759. The van der Waals surface area contributed by atoms with Gasteiger partial charge in [-0.1, -0.05) is 6.07 Å². The number of nitrogens with one attached hydrogen (secondary N) is 3. The third-order valence-corrected chi connectivity index (χ3v) is 5.18. The molecule has 0 saturated heterocycles. The SMILES string of the molecule is C[C@@H](NS(=O)(=O)c1cccs1)C(=O)Nc1ccn[nH]1. The van der Waals surface area contributed by atoms with Gasteiger partial charge >= 0.3 is 0 Å². The number of sulfonamides is 1. The van der Waals surface area contributed by atoms with Crippen molar-refractivity contribution in [2.24, 2.45) is 0 Å². The minimum absolute atomic E-state index is 0.175. The van der Waals surface area contributed by atoms with E-state index in [1.54, 1.807) is 17.5 Å². The van der Waals surface area contributed by atoms with Crippen molar-refractivity contribution in [3.05, 3.63) is 29.8 Å². The summed E-state index contributed by atoms with van der Waals surface area (Å²) in [6, 6.07) is 3.79. The molecule has 0 aliphatic carbocycles. The van der Waals surface area contributed by atoms with E-state index in [9.17, 15) is 13.2 Å². The molecule has 3 N–H and O–H groups in total. The zero-order valence-electron chi connectivity index (χ0n) is 9.95. The molecule has 7 nitrogen and oxygen atoms in total. The Kier molecular flexibility index (Phi) is 3.98. The summed E-state index contributed by atoms with van der Waals surface area (Å²) in [5, 5.41) is 10.4. The molecule has 0 fully saturated rings. The van der Waals surface area contributed by atoms with Crippen molar-refractivity contribution in [2.45, 2.75) is 17.2 Å². The topological polar surface area (TPSA) is 104 Å². The first-order valence-corrected chi connectivity index (χ1v) is 7.71. The molecule has 0 unspecified atom stereocenters. The van der Waals surface area contributed by atoms with E-state index in [2.05, 4.69) is 20.2 Å². The molecule has 0 aliphatic heterocycles. The highest BCUT2D eigenvalue weighted by Gasteiger charge is 2.22. The lowest BCUT2D eigenvalue weighted by molar-refractivity contribution is -0.117. The van der Waals surface area contributed by atoms with E-state index in [-0.39, 0.29) is 4.21 Å². The van der Waals surface area contributed by atoms with E-state index < -0.39 is 22.0 Å². The van der Waals surface area contributed by atoms with Crippen LogP contribution in [-0.4, -0.2) is 30.6 Å². The van der Waals surface area contributed by atoms with E-state index in [0.29, 0.717) is 5.82 Å². The summed E-state index contributed by atoms with van der Waals surface area (Å²) < 4.78 is 26.3. The Morgan fingerprint density at radius 1 is 1.47 bits per heavy atom. The summed E-state index contributed by atoms with van der Waals surface area (Å²) in [5.41, 5.74) is 0. The average Bonchev–Trinajstić information content (AvgIpc) is 3.00. The van der Waals surface area contributed by atoms with Crippen molar-refractivity contribution in [3.63, 3.8) is 0 Å². The molecular formula is C10H12N4O3S2. The van der Waals surface area contributed by atoms with E-state index in [1.165, 1.54) is 19.2 Å². The largest absolute Gasteiger partial charge is 0.310 e. The predicted molar refractivity (Wildman–Crippen MR) is 71.3 cm³/mol. The summed E-state index contributed by atoms with van der Waals surface area (Å²) >= 11 is 1.09. The lowest BCUT2D eigenvalue weighted by Crippen LogP contribution is -2.41. The number of thiophene rings is 1. The lowest BCUT2D eigenvalue weighted by atomic mass is 10.3. The third kappa shape index (κ3) is 3.40. The summed E-state index contributed by atoms with van der Waals surface area (Å²) in [6.07, 6.45) is 1.48. The normalized spacial score (nSPS) is 13.1. The van der Waals surface area contributed by atoms with Crippen molar-refractivity contribution in [1.29, 1.82) is 0 Å². The minimum Gasteiger partial charge on any atom is -0.310 e. The van der Waals surface area contributed by atoms with Gasteiger partial charge in [0, 0.05) is 6.07 Å². The fraction of sp³-hybridized carbons (Fsp3) is 0.200. The second-order valence-corrected chi connectivity index (χ2v) is 6.62. The highest BCUT2D eigenvalue weighted by molar-refractivity contribution is 7.91. The molecule has 0 saturated carbocycles. The molecule has 1 atom stereocenters. The molecule has 9 heteroatoms. The Balaban J connectivity index is 2.01. The van der Waals surface area contributed by atoms with Crippen LogP contribution in [0, 0.1) is 0 Å². The molecule has 0 radical (unpaired) electrons. The highest BCUT2D eigenvalue weighted by atomic mass is 32.2. The first kappa shape index (κ1) is 13.7. The van der Waals surface area contributed by atoms with Gasteiger partial charge in [-0.05, 0) is 18.4 Å². The number of aromatic amines is 1. The molecule has 0 aromatic carbocycles. The first-order valence-electron chi connectivity index (χ1n) is 5.35. The minimum atomic E-state index is -3.66. The smallest absolute Gasteiger partial charge is 0.250 e. The van der Waals surface area contributed by atoms with E-state index in [1.807, 2.05) is 0 Å². The van der Waals surface area contributed by atoms with Crippen LogP contribution in [0.5, 0.6) is 0 Å². The Labute approximate surface area is 114 Å². The Bertz CT molecular complexity index is 634. The van der Waals surface area contributed by atoms with Crippen molar-refractivity contribution < 1.29 is 13.2 Å². The summed E-state index contributed by atoms with van der Waals surface area (Å²) in [5.74, 6) is -0.0587. The summed E-state index contributed by atoms with van der Waals surface area (Å²) in [4.78, 5) is 11.8. The Morgan fingerprint density at radius 2 is 2.26 bits per heavy atom. The third-order valence-electron chi connectivity index (χ3n) is 2.24. The number of carbonyl (C=O) groups is 1. The molecule has 19 heavy (non-hydrogen) atoms. The van der Waals surface area contributed by atoms with Crippen molar-refractivity contribution in [1.82, 2.24) is 14.9 Å². The van der Waals surface area contributed by atoms with Crippen LogP contribution in [0.2, 0.25) is 0 Å². The van der Waals surface area contributed by atoms with Crippen LogP contribution in [-0.2, 0) is 14.8 Å². The predicted octanol–water partition coefficient (Wildman–Crippen LogP) is 0.777. The summed E-state index contributed by atoms with van der Waals surface area (Å²) in [6.45, 7) is 1.47. The van der Waals surface area contributed by atoms with E-state index in [4.69, 9.17) is 0 Å². The zero-order valence-corrected chi connectivity index (χ0v) is 11.6. The standard InChI is InChI=1S/C10H12N4O3S2/c1-7(10(15)12-8-4-5-11-13-8)14-19(16,17)9-3-2-6-18-9/h2-7,14H,1H3,(H2,11,12,13,15)/t7-/m1/s1. The van der Waals surface area contributed by atoms with Gasteiger partial charge in [0.25, 0.3) is 10.0 Å². The number of nitrogens with zero attached hydrogens (tertiary/aromatic N) is 1. The number of hydrogen-bond donors (Lipinski definition) is 3.